The number of rotatable bonds is 4. The minimum absolute atomic E-state index is 0.338. The van der Waals surface area contributed by atoms with Crippen LogP contribution in [0.1, 0.15) is 30.1 Å². The van der Waals surface area contributed by atoms with Gasteiger partial charge in [-0.15, -0.1) is 0 Å². The Kier molecular flexibility index (Phi) is 5.05. The number of benzene rings is 1. The molecule has 0 bridgehead atoms. The van der Waals surface area contributed by atoms with Crippen molar-refractivity contribution in [2.45, 2.75) is 19.8 Å². The van der Waals surface area contributed by atoms with Crippen molar-refractivity contribution in [2.75, 3.05) is 6.61 Å². The van der Waals surface area contributed by atoms with Gasteiger partial charge in [0.05, 0.1) is 6.61 Å². The minimum Gasteiger partial charge on any atom is -0.449 e. The van der Waals surface area contributed by atoms with Crippen molar-refractivity contribution in [3.05, 3.63) is 35.9 Å². The van der Waals surface area contributed by atoms with Crippen LogP contribution in [-0.4, -0.2) is 18.6 Å². The number of alkyl carbamates (subject to hydrolysis) is 1. The summed E-state index contributed by atoms with van der Waals surface area (Å²) in [5.41, 5.74) is 0.440. The fourth-order valence-electron chi connectivity index (χ4n) is 1.10. The highest BCUT2D eigenvalue weighted by Gasteiger charge is 2.09. The average Bonchev–Trinajstić information content (AvgIpc) is 2.30. The molecule has 86 valence electrons. The number of carbonyl (C=O) groups excluding carboxylic acids is 2. The Morgan fingerprint density at radius 2 is 1.94 bits per heavy atom. The lowest BCUT2D eigenvalue weighted by molar-refractivity contribution is 0.0919. The summed E-state index contributed by atoms with van der Waals surface area (Å²) < 4.78 is 4.80. The van der Waals surface area contributed by atoms with Gasteiger partial charge < -0.3 is 4.74 Å². The van der Waals surface area contributed by atoms with Crippen LogP contribution in [-0.2, 0) is 4.74 Å². The van der Waals surface area contributed by atoms with Crippen molar-refractivity contribution in [3.8, 4) is 0 Å². The van der Waals surface area contributed by atoms with E-state index < -0.39 is 12.0 Å². The summed E-state index contributed by atoms with van der Waals surface area (Å²) >= 11 is 0. The molecule has 4 heteroatoms. The SMILES string of the molecule is CCCCOC(=O)NC(=O)c1ccccc1. The highest BCUT2D eigenvalue weighted by atomic mass is 16.5. The third-order valence-corrected chi connectivity index (χ3v) is 1.98. The van der Waals surface area contributed by atoms with Gasteiger partial charge in [-0.05, 0) is 18.6 Å². The first-order valence-electron chi connectivity index (χ1n) is 5.27. The van der Waals surface area contributed by atoms with Gasteiger partial charge in [0.2, 0.25) is 0 Å². The number of ether oxygens (including phenoxy) is 1. The molecule has 0 fully saturated rings. The maximum atomic E-state index is 11.5. The van der Waals surface area contributed by atoms with Crippen LogP contribution in [0, 0.1) is 0 Å². The topological polar surface area (TPSA) is 55.4 Å². The van der Waals surface area contributed by atoms with Crippen molar-refractivity contribution in [1.29, 1.82) is 0 Å². The lowest BCUT2D eigenvalue weighted by Gasteiger charge is -2.05. The summed E-state index contributed by atoms with van der Waals surface area (Å²) in [7, 11) is 0. The normalized spacial score (nSPS) is 9.56. The van der Waals surface area contributed by atoms with Crippen LogP contribution in [0.3, 0.4) is 0 Å². The number of carbonyl (C=O) groups is 2. The zero-order chi connectivity index (χ0) is 11.8. The standard InChI is InChI=1S/C12H15NO3/c1-2-3-9-16-12(15)13-11(14)10-7-5-4-6-8-10/h4-8H,2-3,9H2,1H3,(H,13,14,15). The summed E-state index contributed by atoms with van der Waals surface area (Å²) in [4.78, 5) is 22.6. The quantitative estimate of drug-likeness (QED) is 0.794. The third-order valence-electron chi connectivity index (χ3n) is 1.98. The van der Waals surface area contributed by atoms with Crippen LogP contribution in [0.25, 0.3) is 0 Å². The number of amides is 2. The molecule has 1 N–H and O–H groups in total. The zero-order valence-electron chi connectivity index (χ0n) is 9.23. The lowest BCUT2D eigenvalue weighted by atomic mass is 10.2. The van der Waals surface area contributed by atoms with Crippen LogP contribution in [0.4, 0.5) is 4.79 Å². The summed E-state index contributed by atoms with van der Waals surface area (Å²) in [6, 6.07) is 8.54. The first kappa shape index (κ1) is 12.2. The summed E-state index contributed by atoms with van der Waals surface area (Å²) in [5, 5.41) is 2.16. The third kappa shape index (κ3) is 4.13. The molecule has 0 unspecified atom stereocenters. The van der Waals surface area contributed by atoms with Gasteiger partial charge in [0.25, 0.3) is 5.91 Å². The van der Waals surface area contributed by atoms with E-state index in [4.69, 9.17) is 4.74 Å². The van der Waals surface area contributed by atoms with E-state index in [2.05, 4.69) is 5.32 Å². The molecule has 4 nitrogen and oxygen atoms in total. The van der Waals surface area contributed by atoms with Gasteiger partial charge in [0.15, 0.2) is 0 Å². The van der Waals surface area contributed by atoms with Crippen LogP contribution in [0.15, 0.2) is 30.3 Å². The fraction of sp³-hybridized carbons (Fsp3) is 0.333. The molecule has 0 radical (unpaired) electrons. The van der Waals surface area contributed by atoms with Gasteiger partial charge in [-0.2, -0.15) is 0 Å². The number of hydrogen-bond acceptors (Lipinski definition) is 3. The van der Waals surface area contributed by atoms with E-state index in [1.165, 1.54) is 0 Å². The Morgan fingerprint density at radius 3 is 2.56 bits per heavy atom. The van der Waals surface area contributed by atoms with E-state index in [-0.39, 0.29) is 0 Å². The number of hydrogen-bond donors (Lipinski definition) is 1. The number of unbranched alkanes of at least 4 members (excludes halogenated alkanes) is 1. The second-order valence-corrected chi connectivity index (χ2v) is 3.31. The molecule has 0 aliphatic carbocycles. The highest BCUT2D eigenvalue weighted by Crippen LogP contribution is 1.98. The Labute approximate surface area is 94.6 Å². The molecule has 16 heavy (non-hydrogen) atoms. The lowest BCUT2D eigenvalue weighted by Crippen LogP contribution is -2.31. The van der Waals surface area contributed by atoms with Crippen LogP contribution < -0.4 is 5.32 Å². The molecular formula is C12H15NO3. The molecule has 1 aromatic carbocycles. The maximum Gasteiger partial charge on any atom is 0.414 e. The molecule has 0 spiro atoms. The number of nitrogens with one attached hydrogen (secondary N) is 1. The molecular weight excluding hydrogens is 206 g/mol. The Morgan fingerprint density at radius 1 is 1.25 bits per heavy atom. The average molecular weight is 221 g/mol. The van der Waals surface area contributed by atoms with E-state index in [1.807, 2.05) is 6.92 Å². The Balaban J connectivity index is 2.37. The van der Waals surface area contributed by atoms with Crippen molar-refractivity contribution in [3.63, 3.8) is 0 Å². The molecule has 1 rings (SSSR count). The molecule has 0 saturated heterocycles. The Bertz CT molecular complexity index is 349. The molecule has 0 aliphatic rings. The van der Waals surface area contributed by atoms with Crippen LogP contribution in [0.2, 0.25) is 0 Å². The van der Waals surface area contributed by atoms with Gasteiger partial charge in [-0.25, -0.2) is 4.79 Å². The minimum atomic E-state index is -0.692. The van der Waals surface area contributed by atoms with Crippen molar-refractivity contribution >= 4 is 12.0 Å². The van der Waals surface area contributed by atoms with Gasteiger partial charge in [0, 0.05) is 5.56 Å². The second-order valence-electron chi connectivity index (χ2n) is 3.31. The second kappa shape index (κ2) is 6.61. The van der Waals surface area contributed by atoms with E-state index >= 15 is 0 Å². The summed E-state index contributed by atoms with van der Waals surface area (Å²) in [6.45, 7) is 2.33. The molecule has 0 saturated carbocycles. The number of imide groups is 1. The largest absolute Gasteiger partial charge is 0.449 e. The van der Waals surface area contributed by atoms with Crippen molar-refractivity contribution in [2.24, 2.45) is 0 Å². The molecule has 0 aromatic heterocycles. The molecule has 1 aromatic rings. The predicted octanol–water partition coefficient (Wildman–Crippen LogP) is 2.35. The van der Waals surface area contributed by atoms with E-state index in [1.54, 1.807) is 30.3 Å². The molecule has 0 aliphatic heterocycles. The van der Waals surface area contributed by atoms with Gasteiger partial charge in [-0.3, -0.25) is 10.1 Å². The van der Waals surface area contributed by atoms with Crippen molar-refractivity contribution in [1.82, 2.24) is 5.32 Å². The monoisotopic (exact) mass is 221 g/mol. The van der Waals surface area contributed by atoms with Gasteiger partial charge >= 0.3 is 6.09 Å². The molecule has 0 heterocycles. The summed E-state index contributed by atoms with van der Waals surface area (Å²) in [5.74, 6) is -0.443. The predicted molar refractivity (Wildman–Crippen MR) is 60.2 cm³/mol. The van der Waals surface area contributed by atoms with Crippen LogP contribution in [0.5, 0.6) is 0 Å². The Hall–Kier alpha value is -1.84. The zero-order valence-corrected chi connectivity index (χ0v) is 9.23. The van der Waals surface area contributed by atoms with E-state index in [0.717, 1.165) is 12.8 Å². The first-order valence-corrected chi connectivity index (χ1v) is 5.27. The molecule has 2 amide bonds. The highest BCUT2D eigenvalue weighted by molar-refractivity contribution is 6.02. The van der Waals surface area contributed by atoms with E-state index in [0.29, 0.717) is 12.2 Å². The van der Waals surface area contributed by atoms with Gasteiger partial charge in [-0.1, -0.05) is 31.5 Å². The van der Waals surface area contributed by atoms with Crippen molar-refractivity contribution < 1.29 is 14.3 Å². The maximum absolute atomic E-state index is 11.5. The summed E-state index contributed by atoms with van der Waals surface area (Å²) in [6.07, 6.45) is 1.05. The van der Waals surface area contributed by atoms with Crippen LogP contribution >= 0.6 is 0 Å². The fourth-order valence-corrected chi connectivity index (χ4v) is 1.10. The van der Waals surface area contributed by atoms with E-state index in [9.17, 15) is 9.59 Å². The first-order chi connectivity index (χ1) is 7.74. The van der Waals surface area contributed by atoms with Gasteiger partial charge in [0.1, 0.15) is 0 Å². The molecule has 0 atom stereocenters. The smallest absolute Gasteiger partial charge is 0.414 e.